The maximum Gasteiger partial charge on any atom is 0.0155 e. The molecule has 0 fully saturated rings. The smallest absolute Gasteiger partial charge is 0.0155 e. The number of rotatable bonds is 9. The highest BCUT2D eigenvalue weighted by Crippen LogP contribution is 2.05. The van der Waals surface area contributed by atoms with Gasteiger partial charge < -0.3 is 5.32 Å². The zero-order chi connectivity index (χ0) is 12.3. The van der Waals surface area contributed by atoms with Gasteiger partial charge in [0.15, 0.2) is 0 Å². The van der Waals surface area contributed by atoms with E-state index in [0.717, 1.165) is 6.54 Å². The Bertz CT molecular complexity index is 274. The summed E-state index contributed by atoms with van der Waals surface area (Å²) in [6.07, 6.45) is 7.19. The van der Waals surface area contributed by atoms with Gasteiger partial charge in [-0.2, -0.15) is 11.8 Å². The summed E-state index contributed by atoms with van der Waals surface area (Å²) < 4.78 is 0. The Kier molecular flexibility index (Phi) is 8.20. The molecule has 0 aliphatic rings. The molecule has 0 amide bonds. The molecular weight excluding hydrogens is 226 g/mol. The average molecular weight is 251 g/mol. The van der Waals surface area contributed by atoms with Crippen LogP contribution < -0.4 is 5.32 Å². The summed E-state index contributed by atoms with van der Waals surface area (Å²) in [6, 6.07) is 11.5. The van der Waals surface area contributed by atoms with Gasteiger partial charge in [0.2, 0.25) is 0 Å². The lowest BCUT2D eigenvalue weighted by Gasteiger charge is -2.15. The van der Waals surface area contributed by atoms with Crippen molar-refractivity contribution in [3.8, 4) is 0 Å². The van der Waals surface area contributed by atoms with Gasteiger partial charge in [-0.05, 0) is 44.0 Å². The van der Waals surface area contributed by atoms with Crippen molar-refractivity contribution in [2.45, 2.75) is 38.6 Å². The summed E-state index contributed by atoms with van der Waals surface area (Å²) in [5, 5.41) is 3.64. The van der Waals surface area contributed by atoms with Crippen molar-refractivity contribution in [1.82, 2.24) is 5.32 Å². The molecule has 0 spiro atoms. The predicted molar refractivity (Wildman–Crippen MR) is 79.8 cm³/mol. The summed E-state index contributed by atoms with van der Waals surface area (Å²) in [5.74, 6) is 1.23. The van der Waals surface area contributed by atoms with Crippen LogP contribution in [0.15, 0.2) is 30.3 Å². The standard InChI is InChI=1S/C15H25NS/c1-3-15(13-17-2)16-12-8-7-11-14-9-5-4-6-10-14/h4-6,9-10,15-16H,3,7-8,11-13H2,1-2H3. The normalized spacial score (nSPS) is 12.6. The summed E-state index contributed by atoms with van der Waals surface area (Å²) in [7, 11) is 0. The van der Waals surface area contributed by atoms with Crippen molar-refractivity contribution in [2.24, 2.45) is 0 Å². The first-order valence-electron chi connectivity index (χ1n) is 6.63. The molecule has 0 bridgehead atoms. The number of hydrogen-bond donors (Lipinski definition) is 1. The minimum absolute atomic E-state index is 0.696. The first-order valence-corrected chi connectivity index (χ1v) is 8.02. The number of aryl methyl sites for hydroxylation is 1. The monoisotopic (exact) mass is 251 g/mol. The van der Waals surface area contributed by atoms with Crippen molar-refractivity contribution >= 4 is 11.8 Å². The molecule has 2 heteroatoms. The van der Waals surface area contributed by atoms with Crippen molar-refractivity contribution < 1.29 is 0 Å². The van der Waals surface area contributed by atoms with Crippen molar-refractivity contribution in [3.05, 3.63) is 35.9 Å². The molecule has 1 aromatic rings. The van der Waals surface area contributed by atoms with E-state index in [1.54, 1.807) is 0 Å². The van der Waals surface area contributed by atoms with Crippen LogP contribution in [0.3, 0.4) is 0 Å². The molecule has 0 radical (unpaired) electrons. The van der Waals surface area contributed by atoms with Gasteiger partial charge in [0, 0.05) is 11.8 Å². The van der Waals surface area contributed by atoms with Crippen molar-refractivity contribution in [3.63, 3.8) is 0 Å². The topological polar surface area (TPSA) is 12.0 Å². The molecule has 17 heavy (non-hydrogen) atoms. The minimum Gasteiger partial charge on any atom is -0.313 e. The summed E-state index contributed by atoms with van der Waals surface area (Å²) in [6.45, 7) is 3.42. The Labute approximate surface area is 110 Å². The fourth-order valence-electron chi connectivity index (χ4n) is 1.93. The van der Waals surface area contributed by atoms with E-state index in [1.807, 2.05) is 11.8 Å². The van der Waals surface area contributed by atoms with E-state index in [2.05, 4.69) is 48.8 Å². The van der Waals surface area contributed by atoms with Gasteiger partial charge in [0.1, 0.15) is 0 Å². The molecular formula is C15H25NS. The van der Waals surface area contributed by atoms with Gasteiger partial charge in [-0.3, -0.25) is 0 Å². The molecule has 1 unspecified atom stereocenters. The molecule has 1 nitrogen and oxygen atoms in total. The third kappa shape index (κ3) is 6.75. The highest BCUT2D eigenvalue weighted by Gasteiger charge is 2.02. The average Bonchev–Trinajstić information content (AvgIpc) is 2.38. The Balaban J connectivity index is 2.04. The summed E-state index contributed by atoms with van der Waals surface area (Å²) >= 11 is 1.93. The van der Waals surface area contributed by atoms with E-state index >= 15 is 0 Å². The number of hydrogen-bond acceptors (Lipinski definition) is 2. The van der Waals surface area contributed by atoms with Crippen molar-refractivity contribution in [2.75, 3.05) is 18.6 Å². The Morgan fingerprint density at radius 2 is 1.94 bits per heavy atom. The molecule has 0 aromatic heterocycles. The Morgan fingerprint density at radius 1 is 1.18 bits per heavy atom. The molecule has 0 saturated heterocycles. The third-order valence-electron chi connectivity index (χ3n) is 3.03. The lowest BCUT2D eigenvalue weighted by Crippen LogP contribution is -2.31. The molecule has 0 heterocycles. The highest BCUT2D eigenvalue weighted by atomic mass is 32.2. The first kappa shape index (κ1) is 14.6. The lowest BCUT2D eigenvalue weighted by molar-refractivity contribution is 0.522. The minimum atomic E-state index is 0.696. The van der Waals surface area contributed by atoms with Crippen LogP contribution in [0.2, 0.25) is 0 Å². The van der Waals surface area contributed by atoms with Crippen LogP contribution in [-0.4, -0.2) is 24.6 Å². The fourth-order valence-corrected chi connectivity index (χ4v) is 2.68. The van der Waals surface area contributed by atoms with E-state index in [9.17, 15) is 0 Å². The van der Waals surface area contributed by atoms with E-state index in [4.69, 9.17) is 0 Å². The van der Waals surface area contributed by atoms with E-state index in [1.165, 1.54) is 37.0 Å². The Morgan fingerprint density at radius 3 is 2.59 bits per heavy atom. The number of unbranched alkanes of at least 4 members (excludes halogenated alkanes) is 1. The van der Waals surface area contributed by atoms with Gasteiger partial charge >= 0.3 is 0 Å². The summed E-state index contributed by atoms with van der Waals surface area (Å²) in [5.41, 5.74) is 1.46. The maximum atomic E-state index is 3.64. The Hall–Kier alpha value is -0.470. The third-order valence-corrected chi connectivity index (χ3v) is 3.76. The van der Waals surface area contributed by atoms with Crippen LogP contribution in [0.4, 0.5) is 0 Å². The van der Waals surface area contributed by atoms with Gasteiger partial charge in [0.05, 0.1) is 0 Å². The molecule has 1 rings (SSSR count). The second-order valence-electron chi connectivity index (χ2n) is 4.46. The molecule has 0 aliphatic heterocycles. The zero-order valence-corrected chi connectivity index (χ0v) is 11.9. The van der Waals surface area contributed by atoms with Crippen LogP contribution in [0, 0.1) is 0 Å². The van der Waals surface area contributed by atoms with E-state index < -0.39 is 0 Å². The second kappa shape index (κ2) is 9.55. The second-order valence-corrected chi connectivity index (χ2v) is 5.37. The molecule has 1 N–H and O–H groups in total. The van der Waals surface area contributed by atoms with Gasteiger partial charge in [-0.15, -0.1) is 0 Å². The largest absolute Gasteiger partial charge is 0.313 e. The summed E-state index contributed by atoms with van der Waals surface area (Å²) in [4.78, 5) is 0. The predicted octanol–water partition coefficient (Wildman–Crippen LogP) is 3.74. The van der Waals surface area contributed by atoms with E-state index in [-0.39, 0.29) is 0 Å². The highest BCUT2D eigenvalue weighted by molar-refractivity contribution is 7.98. The molecule has 96 valence electrons. The van der Waals surface area contributed by atoms with Crippen LogP contribution in [0.5, 0.6) is 0 Å². The number of thioether (sulfide) groups is 1. The first-order chi connectivity index (χ1) is 8.36. The number of benzene rings is 1. The van der Waals surface area contributed by atoms with Crippen LogP contribution in [0.1, 0.15) is 31.7 Å². The molecule has 1 atom stereocenters. The van der Waals surface area contributed by atoms with Gasteiger partial charge in [-0.1, -0.05) is 37.3 Å². The zero-order valence-electron chi connectivity index (χ0n) is 11.1. The van der Waals surface area contributed by atoms with Crippen molar-refractivity contribution in [1.29, 1.82) is 0 Å². The molecule has 1 aromatic carbocycles. The fraction of sp³-hybridized carbons (Fsp3) is 0.600. The molecule has 0 aliphatic carbocycles. The van der Waals surface area contributed by atoms with Crippen LogP contribution >= 0.6 is 11.8 Å². The molecule has 0 saturated carbocycles. The van der Waals surface area contributed by atoms with Crippen LogP contribution in [-0.2, 0) is 6.42 Å². The van der Waals surface area contributed by atoms with Gasteiger partial charge in [0.25, 0.3) is 0 Å². The van der Waals surface area contributed by atoms with Gasteiger partial charge in [-0.25, -0.2) is 0 Å². The SMILES string of the molecule is CCC(CSC)NCCCCc1ccccc1. The van der Waals surface area contributed by atoms with Crippen LogP contribution in [0.25, 0.3) is 0 Å². The van der Waals surface area contributed by atoms with E-state index in [0.29, 0.717) is 6.04 Å². The lowest BCUT2D eigenvalue weighted by atomic mass is 10.1. The quantitative estimate of drug-likeness (QED) is 0.671. The maximum absolute atomic E-state index is 3.64. The number of nitrogens with one attached hydrogen (secondary N) is 1.